The van der Waals surface area contributed by atoms with E-state index >= 15 is 0 Å². The number of ether oxygens (including phenoxy) is 1. The molecular formula is C11H8F3N3O5S2. The van der Waals surface area contributed by atoms with E-state index in [1.165, 1.54) is 12.1 Å². The highest BCUT2D eigenvalue weighted by Gasteiger charge is 2.48. The fourth-order valence-corrected chi connectivity index (χ4v) is 2.33. The van der Waals surface area contributed by atoms with Crippen LogP contribution in [0.4, 0.5) is 13.2 Å². The predicted octanol–water partition coefficient (Wildman–Crippen LogP) is 2.01. The Kier molecular flexibility index (Phi) is 5.03. The number of carbonyl (C=O) groups excluding carboxylic acids is 1. The largest absolute Gasteiger partial charge is 0.534 e. The monoisotopic (exact) mass is 383 g/mol. The van der Waals surface area contributed by atoms with E-state index in [-0.39, 0.29) is 23.1 Å². The summed E-state index contributed by atoms with van der Waals surface area (Å²) < 4.78 is 71.2. The van der Waals surface area contributed by atoms with Crippen LogP contribution in [0.5, 0.6) is 5.88 Å². The Morgan fingerprint density at radius 2 is 2.00 bits per heavy atom. The van der Waals surface area contributed by atoms with E-state index in [0.717, 1.165) is 6.07 Å². The number of rotatable bonds is 5. The van der Waals surface area contributed by atoms with Gasteiger partial charge in [0.15, 0.2) is 5.82 Å². The van der Waals surface area contributed by atoms with E-state index in [2.05, 4.69) is 18.5 Å². The van der Waals surface area contributed by atoms with E-state index < -0.39 is 27.5 Å². The van der Waals surface area contributed by atoms with E-state index in [1.807, 2.05) is 0 Å². The number of pyridine rings is 1. The topological polar surface area (TPSA) is 108 Å². The molecule has 2 heterocycles. The lowest BCUT2D eigenvalue weighted by molar-refractivity contribution is -0.0501. The Morgan fingerprint density at radius 1 is 1.29 bits per heavy atom. The van der Waals surface area contributed by atoms with Gasteiger partial charge >= 0.3 is 21.6 Å². The van der Waals surface area contributed by atoms with Crippen molar-refractivity contribution in [2.45, 2.75) is 12.4 Å². The van der Waals surface area contributed by atoms with Crippen LogP contribution in [0.15, 0.2) is 18.2 Å². The second kappa shape index (κ2) is 6.68. The van der Waals surface area contributed by atoms with Crippen molar-refractivity contribution in [1.29, 1.82) is 0 Å². The Balaban J connectivity index is 2.27. The van der Waals surface area contributed by atoms with Crippen LogP contribution in [0, 0.1) is 0 Å². The van der Waals surface area contributed by atoms with Crippen LogP contribution >= 0.6 is 11.5 Å². The number of halogens is 3. The zero-order valence-corrected chi connectivity index (χ0v) is 13.4. The van der Waals surface area contributed by atoms with Crippen LogP contribution in [-0.2, 0) is 14.9 Å². The Morgan fingerprint density at radius 3 is 2.62 bits per heavy atom. The average Bonchev–Trinajstić information content (AvgIpc) is 2.96. The van der Waals surface area contributed by atoms with Gasteiger partial charge in [0.25, 0.3) is 0 Å². The molecule has 0 N–H and O–H groups in total. The van der Waals surface area contributed by atoms with E-state index in [4.69, 9.17) is 4.74 Å². The SMILES string of the molecule is CCOC(=O)c1nc(-c2cccc(OS(=O)(=O)C(F)(F)F)n2)ns1. The zero-order chi connectivity index (χ0) is 18.0. The summed E-state index contributed by atoms with van der Waals surface area (Å²) in [6.07, 6.45) is 0. The van der Waals surface area contributed by atoms with Crippen LogP contribution in [0.25, 0.3) is 11.5 Å². The van der Waals surface area contributed by atoms with Crippen molar-refractivity contribution >= 4 is 27.6 Å². The van der Waals surface area contributed by atoms with Gasteiger partial charge in [-0.2, -0.15) is 26.0 Å². The first-order valence-electron chi connectivity index (χ1n) is 6.13. The third kappa shape index (κ3) is 3.97. The Labute approximate surface area is 137 Å². The van der Waals surface area contributed by atoms with Gasteiger partial charge in [0.2, 0.25) is 10.9 Å². The van der Waals surface area contributed by atoms with Crippen LogP contribution in [0.3, 0.4) is 0 Å². The van der Waals surface area contributed by atoms with Crippen molar-refractivity contribution < 1.29 is 35.3 Å². The lowest BCUT2D eigenvalue weighted by Gasteiger charge is -2.08. The van der Waals surface area contributed by atoms with E-state index in [9.17, 15) is 26.4 Å². The van der Waals surface area contributed by atoms with Crippen LogP contribution < -0.4 is 4.18 Å². The van der Waals surface area contributed by atoms with Crippen molar-refractivity contribution in [3.63, 3.8) is 0 Å². The lowest BCUT2D eigenvalue weighted by Crippen LogP contribution is -2.28. The molecule has 0 saturated carbocycles. The van der Waals surface area contributed by atoms with Gasteiger partial charge in [-0.3, -0.25) is 0 Å². The molecular weight excluding hydrogens is 375 g/mol. The first-order valence-corrected chi connectivity index (χ1v) is 8.31. The molecule has 2 aromatic heterocycles. The van der Waals surface area contributed by atoms with Crippen molar-refractivity contribution in [2.24, 2.45) is 0 Å². The summed E-state index contributed by atoms with van der Waals surface area (Å²) >= 11 is 0.701. The van der Waals surface area contributed by atoms with Crippen molar-refractivity contribution in [1.82, 2.24) is 14.3 Å². The summed E-state index contributed by atoms with van der Waals surface area (Å²) in [4.78, 5) is 18.9. The minimum atomic E-state index is -5.84. The molecule has 2 aromatic rings. The van der Waals surface area contributed by atoms with Crippen molar-refractivity contribution in [3.8, 4) is 17.4 Å². The summed E-state index contributed by atoms with van der Waals surface area (Å²) in [7, 11) is -5.84. The third-order valence-corrected chi connectivity index (χ3v) is 3.96. The fourth-order valence-electron chi connectivity index (χ4n) is 1.35. The van der Waals surface area contributed by atoms with E-state index in [0.29, 0.717) is 11.5 Å². The van der Waals surface area contributed by atoms with Crippen LogP contribution in [0.2, 0.25) is 0 Å². The van der Waals surface area contributed by atoms with Gasteiger partial charge < -0.3 is 8.92 Å². The van der Waals surface area contributed by atoms with Crippen molar-refractivity contribution in [3.05, 3.63) is 23.2 Å². The Bertz CT molecular complexity index is 851. The fraction of sp³-hybridized carbons (Fsp3) is 0.273. The predicted molar refractivity (Wildman–Crippen MR) is 74.7 cm³/mol. The summed E-state index contributed by atoms with van der Waals surface area (Å²) in [6, 6.07) is 3.43. The average molecular weight is 383 g/mol. The first-order chi connectivity index (χ1) is 11.1. The van der Waals surface area contributed by atoms with Gasteiger partial charge in [0.1, 0.15) is 5.69 Å². The summed E-state index contributed by atoms with van der Waals surface area (Å²) in [6.45, 7) is 1.73. The van der Waals surface area contributed by atoms with Gasteiger partial charge in [-0.05, 0) is 24.5 Å². The van der Waals surface area contributed by atoms with E-state index in [1.54, 1.807) is 6.92 Å². The quantitative estimate of drug-likeness (QED) is 0.438. The molecule has 0 spiro atoms. The third-order valence-electron chi connectivity index (χ3n) is 2.31. The summed E-state index contributed by atoms with van der Waals surface area (Å²) in [5, 5.41) is -0.0807. The van der Waals surface area contributed by atoms with Gasteiger partial charge in [0.05, 0.1) is 6.61 Å². The number of aromatic nitrogens is 3. The molecule has 0 aromatic carbocycles. The van der Waals surface area contributed by atoms with Gasteiger partial charge in [-0.25, -0.2) is 14.8 Å². The van der Waals surface area contributed by atoms with Crippen LogP contribution in [0.1, 0.15) is 16.7 Å². The second-order valence-electron chi connectivity index (χ2n) is 3.99. The number of alkyl halides is 3. The molecule has 24 heavy (non-hydrogen) atoms. The maximum absolute atomic E-state index is 12.3. The number of hydrogen-bond donors (Lipinski definition) is 0. The summed E-state index contributed by atoms with van der Waals surface area (Å²) in [5.74, 6) is -1.61. The minimum Gasteiger partial charge on any atom is -0.461 e. The molecule has 0 unspecified atom stereocenters. The standard InChI is InChI=1S/C11H8F3N3O5S2/c1-2-21-10(18)9-16-8(17-23-9)6-4-3-5-7(15-6)22-24(19,20)11(12,13)14/h3-5H,2H2,1H3. The highest BCUT2D eigenvalue weighted by atomic mass is 32.2. The molecule has 130 valence electrons. The normalized spacial score (nSPS) is 12.0. The molecule has 8 nitrogen and oxygen atoms in total. The van der Waals surface area contributed by atoms with Crippen LogP contribution in [-0.4, -0.2) is 40.8 Å². The number of esters is 1. The van der Waals surface area contributed by atoms with Gasteiger partial charge in [-0.15, -0.1) is 0 Å². The van der Waals surface area contributed by atoms with Crippen molar-refractivity contribution in [2.75, 3.05) is 6.61 Å². The second-order valence-corrected chi connectivity index (χ2v) is 6.28. The number of hydrogen-bond acceptors (Lipinski definition) is 9. The molecule has 0 aliphatic carbocycles. The molecule has 0 atom stereocenters. The smallest absolute Gasteiger partial charge is 0.461 e. The molecule has 0 bridgehead atoms. The number of carbonyl (C=O) groups is 1. The molecule has 0 fully saturated rings. The molecule has 0 aliphatic heterocycles. The first kappa shape index (κ1) is 18.1. The molecule has 0 amide bonds. The summed E-state index contributed by atoms with van der Waals surface area (Å²) in [5.41, 5.74) is -5.66. The molecule has 13 heteroatoms. The maximum atomic E-state index is 12.3. The maximum Gasteiger partial charge on any atom is 0.534 e. The Hall–Kier alpha value is -2.28. The molecule has 0 radical (unpaired) electrons. The minimum absolute atomic E-state index is 0.0725. The molecule has 0 saturated heterocycles. The molecule has 0 aliphatic rings. The number of nitrogens with zero attached hydrogens (tertiary/aromatic N) is 3. The highest BCUT2D eigenvalue weighted by Crippen LogP contribution is 2.27. The molecule has 2 rings (SSSR count). The van der Waals surface area contributed by atoms with Gasteiger partial charge in [0, 0.05) is 6.07 Å². The zero-order valence-electron chi connectivity index (χ0n) is 11.8. The highest BCUT2D eigenvalue weighted by molar-refractivity contribution is 7.87. The van der Waals surface area contributed by atoms with Gasteiger partial charge in [-0.1, -0.05) is 6.07 Å². The lowest BCUT2D eigenvalue weighted by atomic mass is 10.3.